The zero-order valence-electron chi connectivity index (χ0n) is 11.1. The first kappa shape index (κ1) is 11.5. The molecule has 4 bridgehead atoms. The van der Waals surface area contributed by atoms with E-state index < -0.39 is 0 Å². The van der Waals surface area contributed by atoms with Crippen LogP contribution in [0.1, 0.15) is 50.6 Å². The first-order valence-corrected chi connectivity index (χ1v) is 8.52. The third kappa shape index (κ3) is 1.85. The molecule has 1 heterocycles. The van der Waals surface area contributed by atoms with Gasteiger partial charge in [0.25, 0.3) is 0 Å². The van der Waals surface area contributed by atoms with E-state index in [1.165, 1.54) is 31.2 Å². The van der Waals surface area contributed by atoms with E-state index in [4.69, 9.17) is 0 Å². The second-order valence-electron chi connectivity index (χ2n) is 6.90. The highest BCUT2D eigenvalue weighted by molar-refractivity contribution is 7.07. The third-order valence-corrected chi connectivity index (χ3v) is 6.41. The first-order chi connectivity index (χ1) is 8.79. The molecule has 0 amide bonds. The zero-order valence-corrected chi connectivity index (χ0v) is 12.0. The maximum Gasteiger partial charge on any atom is 0.0302 e. The van der Waals surface area contributed by atoms with E-state index in [-0.39, 0.29) is 0 Å². The average Bonchev–Trinajstić information content (AvgIpc) is 2.86. The molecule has 0 saturated heterocycles. The van der Waals surface area contributed by atoms with Gasteiger partial charge in [-0.05, 0) is 85.1 Å². The molecule has 18 heavy (non-hydrogen) atoms. The minimum Gasteiger partial charge on any atom is -0.307 e. The quantitative estimate of drug-likeness (QED) is 0.859. The molecule has 0 aromatic carbocycles. The molecule has 4 aliphatic rings. The molecule has 0 spiro atoms. The minimum absolute atomic E-state index is 0.541. The van der Waals surface area contributed by atoms with Crippen LogP contribution in [0.4, 0.5) is 0 Å². The standard InChI is InChI=1S/C16H23NS/c1-10(13-2-3-18-9-13)17-16-14-5-11-4-12(7-14)8-15(16)6-11/h2-3,9-12,14-17H,4-8H2,1H3. The van der Waals surface area contributed by atoms with Crippen molar-refractivity contribution in [2.75, 3.05) is 0 Å². The summed E-state index contributed by atoms with van der Waals surface area (Å²) in [7, 11) is 0. The molecule has 1 aromatic heterocycles. The van der Waals surface area contributed by atoms with Crippen molar-refractivity contribution in [3.05, 3.63) is 22.4 Å². The van der Waals surface area contributed by atoms with Gasteiger partial charge in [0.15, 0.2) is 0 Å². The van der Waals surface area contributed by atoms with Crippen LogP contribution >= 0.6 is 11.3 Å². The van der Waals surface area contributed by atoms with Crippen LogP contribution in [0, 0.1) is 23.7 Å². The molecule has 5 rings (SSSR count). The summed E-state index contributed by atoms with van der Waals surface area (Å²) in [5.74, 6) is 4.15. The van der Waals surface area contributed by atoms with Crippen LogP contribution in [0.3, 0.4) is 0 Å². The number of hydrogen-bond acceptors (Lipinski definition) is 2. The van der Waals surface area contributed by atoms with Gasteiger partial charge >= 0.3 is 0 Å². The highest BCUT2D eigenvalue weighted by Crippen LogP contribution is 2.54. The topological polar surface area (TPSA) is 12.0 Å². The first-order valence-electron chi connectivity index (χ1n) is 7.57. The maximum atomic E-state index is 3.97. The molecular formula is C16H23NS. The predicted molar refractivity (Wildman–Crippen MR) is 76.7 cm³/mol. The van der Waals surface area contributed by atoms with Gasteiger partial charge in [-0.25, -0.2) is 0 Å². The van der Waals surface area contributed by atoms with Crippen molar-refractivity contribution in [3.63, 3.8) is 0 Å². The molecule has 1 atom stereocenters. The van der Waals surface area contributed by atoms with Crippen molar-refractivity contribution in [1.29, 1.82) is 0 Å². The summed E-state index contributed by atoms with van der Waals surface area (Å²) < 4.78 is 0. The Labute approximate surface area is 114 Å². The summed E-state index contributed by atoms with van der Waals surface area (Å²) in [6.07, 6.45) is 7.61. The fraction of sp³-hybridized carbons (Fsp3) is 0.750. The lowest BCUT2D eigenvalue weighted by molar-refractivity contribution is -0.0171. The van der Waals surface area contributed by atoms with Gasteiger partial charge in [-0.1, -0.05) is 0 Å². The SMILES string of the molecule is CC(NC1C2CC3CC(C2)CC1C3)c1ccsc1. The van der Waals surface area contributed by atoms with Crippen LogP contribution in [-0.4, -0.2) is 6.04 Å². The molecule has 1 aromatic rings. The van der Waals surface area contributed by atoms with Gasteiger partial charge in [0.2, 0.25) is 0 Å². The van der Waals surface area contributed by atoms with Gasteiger partial charge in [0.1, 0.15) is 0 Å². The average molecular weight is 261 g/mol. The van der Waals surface area contributed by atoms with Crippen LogP contribution in [-0.2, 0) is 0 Å². The van der Waals surface area contributed by atoms with Crippen molar-refractivity contribution in [2.45, 2.75) is 51.1 Å². The Hall–Kier alpha value is -0.340. The highest BCUT2D eigenvalue weighted by Gasteiger charge is 2.48. The van der Waals surface area contributed by atoms with Gasteiger partial charge < -0.3 is 5.32 Å². The lowest BCUT2D eigenvalue weighted by Crippen LogP contribution is -2.54. The minimum atomic E-state index is 0.541. The summed E-state index contributed by atoms with van der Waals surface area (Å²) in [6.45, 7) is 2.34. The Bertz CT molecular complexity index is 383. The predicted octanol–water partition coefficient (Wildman–Crippen LogP) is 4.22. The second kappa shape index (κ2) is 4.35. The normalized spacial score (nSPS) is 43.3. The molecule has 1 nitrogen and oxygen atoms in total. The second-order valence-corrected chi connectivity index (χ2v) is 7.68. The van der Waals surface area contributed by atoms with Gasteiger partial charge in [0, 0.05) is 12.1 Å². The Kier molecular flexibility index (Phi) is 2.77. The fourth-order valence-corrected chi connectivity index (χ4v) is 5.86. The summed E-state index contributed by atoms with van der Waals surface area (Å²) >= 11 is 1.82. The Balaban J connectivity index is 1.49. The molecule has 2 heteroatoms. The number of hydrogen-bond donors (Lipinski definition) is 1. The van der Waals surface area contributed by atoms with Crippen molar-refractivity contribution in [3.8, 4) is 0 Å². The summed E-state index contributed by atoms with van der Waals surface area (Å²) in [6, 6.07) is 3.63. The van der Waals surface area contributed by atoms with Crippen LogP contribution in [0.2, 0.25) is 0 Å². The molecule has 0 radical (unpaired) electrons. The molecule has 1 unspecified atom stereocenters. The van der Waals surface area contributed by atoms with Crippen LogP contribution in [0.15, 0.2) is 16.8 Å². The summed E-state index contributed by atoms with van der Waals surface area (Å²) in [4.78, 5) is 0. The smallest absolute Gasteiger partial charge is 0.0302 e. The third-order valence-electron chi connectivity index (χ3n) is 5.71. The molecule has 4 fully saturated rings. The van der Waals surface area contributed by atoms with E-state index in [2.05, 4.69) is 29.1 Å². The van der Waals surface area contributed by atoms with E-state index >= 15 is 0 Å². The Morgan fingerprint density at radius 2 is 1.78 bits per heavy atom. The van der Waals surface area contributed by atoms with Gasteiger partial charge in [0.05, 0.1) is 0 Å². The lowest BCUT2D eigenvalue weighted by Gasteiger charge is -2.55. The molecule has 4 aliphatic carbocycles. The highest BCUT2D eigenvalue weighted by atomic mass is 32.1. The van der Waals surface area contributed by atoms with E-state index in [0.717, 1.165) is 29.7 Å². The monoisotopic (exact) mass is 261 g/mol. The van der Waals surface area contributed by atoms with Gasteiger partial charge in [-0.3, -0.25) is 0 Å². The Morgan fingerprint density at radius 3 is 2.33 bits per heavy atom. The van der Waals surface area contributed by atoms with E-state index in [0.29, 0.717) is 6.04 Å². The lowest BCUT2D eigenvalue weighted by atomic mass is 9.54. The molecule has 4 saturated carbocycles. The number of rotatable bonds is 3. The zero-order chi connectivity index (χ0) is 12.1. The van der Waals surface area contributed by atoms with E-state index in [1.54, 1.807) is 6.42 Å². The molecular weight excluding hydrogens is 238 g/mol. The van der Waals surface area contributed by atoms with Crippen molar-refractivity contribution < 1.29 is 0 Å². The molecule has 1 N–H and O–H groups in total. The van der Waals surface area contributed by atoms with E-state index in [1.807, 2.05) is 11.3 Å². The van der Waals surface area contributed by atoms with Crippen molar-refractivity contribution >= 4 is 11.3 Å². The number of thiophene rings is 1. The van der Waals surface area contributed by atoms with Crippen molar-refractivity contribution in [2.24, 2.45) is 23.7 Å². The number of nitrogens with one attached hydrogen (secondary N) is 1. The van der Waals surface area contributed by atoms with Crippen LogP contribution < -0.4 is 5.32 Å². The molecule has 0 aliphatic heterocycles. The van der Waals surface area contributed by atoms with E-state index in [9.17, 15) is 0 Å². The van der Waals surface area contributed by atoms with Crippen LogP contribution in [0.5, 0.6) is 0 Å². The van der Waals surface area contributed by atoms with Gasteiger partial charge in [-0.15, -0.1) is 0 Å². The fourth-order valence-electron chi connectivity index (χ4n) is 5.10. The maximum absolute atomic E-state index is 3.97. The van der Waals surface area contributed by atoms with Crippen LogP contribution in [0.25, 0.3) is 0 Å². The largest absolute Gasteiger partial charge is 0.307 e. The Morgan fingerprint density at radius 1 is 1.11 bits per heavy atom. The summed E-state index contributed by atoms with van der Waals surface area (Å²) in [5.41, 5.74) is 1.48. The van der Waals surface area contributed by atoms with Crippen molar-refractivity contribution in [1.82, 2.24) is 5.32 Å². The summed E-state index contributed by atoms with van der Waals surface area (Å²) in [5, 5.41) is 8.47. The van der Waals surface area contributed by atoms with Gasteiger partial charge in [-0.2, -0.15) is 11.3 Å². The molecule has 98 valence electrons.